The molecule has 0 aliphatic carbocycles. The molecule has 5 aromatic heterocycles. The zero-order chi connectivity index (χ0) is 94.5. The number of aromatic nitrogens is 15. The van der Waals surface area contributed by atoms with Gasteiger partial charge in [-0.3, -0.25) is 14.4 Å². The highest BCUT2D eigenvalue weighted by molar-refractivity contribution is 6.32. The Bertz CT molecular complexity index is 5430. The standard InChI is InChI=1S/C51H64Cl2N14O4.C45H72ClN11O2/c1-10-23-65(30(2)3)49-59-47(56-21-19-54-43(68)17-11-31-24-35(50(4,5)6)45(70)41(26-31)66-61-37-15-13-33(52)28-39(37)63-66)58-48(60-49)57-22-20-55-44(69)18-12-32-25-36(51(7,8)9)46(71)42(27-32)67-62-38-16-14-34(53)29-40(38)64-67;1-12-13-16-26-55(32(4)5)43-49-42(50-44(51-43)56(33(6)7)27-18-15-14-17-25-54(11)31(2)3)48-24-23-47-40(58)22-19-34-28-36(45(8,9)10)41(59)39(29-34)57-52-37-21-20-35(46)30-38(37)53-57/h13-16,24-30,70-71H,10-12,17-23H2,1-9H3,(H,54,68)(H,55,69)(H2,56,57,58,59,60);20-21,28-33,59H,12-19,22-27H2,1-11H3,(H,47,58)(H,48,49,50,51). The van der Waals surface area contributed by atoms with Crippen molar-refractivity contribution in [3.05, 3.63) is 139 Å². The molecule has 34 heteroatoms. The maximum absolute atomic E-state index is 13.2. The van der Waals surface area contributed by atoms with Crippen LogP contribution in [0.15, 0.2) is 91.0 Å². The topological polar surface area (TPSA) is 367 Å². The molecule has 0 aliphatic heterocycles. The van der Waals surface area contributed by atoms with Crippen LogP contribution in [-0.2, 0) is 49.9 Å². The van der Waals surface area contributed by atoms with E-state index in [4.69, 9.17) is 59.7 Å². The third-order valence-electron chi connectivity index (χ3n) is 22.5. The molecule has 0 radical (unpaired) electrons. The zero-order valence-electron chi connectivity index (χ0n) is 79.6. The van der Waals surface area contributed by atoms with Gasteiger partial charge in [0.2, 0.25) is 53.4 Å². The summed E-state index contributed by atoms with van der Waals surface area (Å²) in [5.41, 5.74) is 8.77. The number of phenols is 3. The number of aryl methyl sites for hydroxylation is 3. The number of unbranched alkanes of at least 4 members (excludes halogenated alkanes) is 5. The van der Waals surface area contributed by atoms with E-state index in [-0.39, 0.29) is 77.8 Å². The summed E-state index contributed by atoms with van der Waals surface area (Å²) in [4.78, 5) is 81.9. The Balaban J connectivity index is 0.000000275. The minimum atomic E-state index is -0.393. The minimum absolute atomic E-state index is 0.0721. The number of nitrogens with zero attached hydrogens (tertiary/aromatic N) is 19. The van der Waals surface area contributed by atoms with Crippen molar-refractivity contribution >= 4 is 121 Å². The summed E-state index contributed by atoms with van der Waals surface area (Å²) in [6.45, 7) is 45.7. The van der Waals surface area contributed by atoms with Crippen LogP contribution in [0, 0.1) is 0 Å². The monoisotopic (exact) mass is 1840 g/mol. The van der Waals surface area contributed by atoms with Gasteiger partial charge in [0.05, 0.1) is 0 Å². The van der Waals surface area contributed by atoms with Crippen molar-refractivity contribution in [2.75, 3.05) is 103 Å². The second kappa shape index (κ2) is 46.2. The van der Waals surface area contributed by atoms with Crippen molar-refractivity contribution in [1.29, 1.82) is 0 Å². The molecule has 0 fully saturated rings. The van der Waals surface area contributed by atoms with Gasteiger partial charge >= 0.3 is 0 Å². The van der Waals surface area contributed by atoms with Crippen LogP contribution in [0.25, 0.3) is 50.2 Å². The van der Waals surface area contributed by atoms with Crippen molar-refractivity contribution in [3.63, 3.8) is 0 Å². The molecule has 0 spiro atoms. The van der Waals surface area contributed by atoms with Crippen molar-refractivity contribution in [2.24, 2.45) is 0 Å². The van der Waals surface area contributed by atoms with Gasteiger partial charge < -0.3 is 66.8 Å². The van der Waals surface area contributed by atoms with E-state index in [1.165, 1.54) is 27.2 Å². The molecule has 0 aliphatic rings. The molecule has 11 aromatic rings. The van der Waals surface area contributed by atoms with Gasteiger partial charge in [0, 0.05) is 134 Å². The van der Waals surface area contributed by atoms with Crippen molar-refractivity contribution in [1.82, 2.24) is 95.7 Å². The molecule has 0 bridgehead atoms. The third kappa shape index (κ3) is 28.5. The first-order valence-corrected chi connectivity index (χ1v) is 47.0. The maximum Gasteiger partial charge on any atom is 0.232 e. The SMILES string of the molecule is CCCCCN(c1nc(NCCNC(=O)CCc2cc(-n3nc4ccc(Cl)cc4n3)c(O)c(C(C)(C)C)c2)nc(N(CCCCCCN(C)C(C)C)C(C)C)n1)C(C)C.CCCN(c1nc(NCCNC(=O)CCc2cc(-n3nc4ccc(Cl)cc4n3)c(O)c(C(C)(C)C)c2)nc(NCCNC(=O)CCc2cc(-n3nc4ccc(Cl)cc4n3)c(O)c(C(C)(C)C)c2)n1)C(C)C. The van der Waals surface area contributed by atoms with E-state index < -0.39 is 10.8 Å². The van der Waals surface area contributed by atoms with Gasteiger partial charge in [0.15, 0.2) is 0 Å². The number of nitrogens with one attached hydrogen (secondary N) is 6. The molecule has 9 N–H and O–H groups in total. The van der Waals surface area contributed by atoms with Crippen molar-refractivity contribution in [3.8, 4) is 34.3 Å². The van der Waals surface area contributed by atoms with Gasteiger partial charge in [-0.2, -0.15) is 29.9 Å². The van der Waals surface area contributed by atoms with Crippen LogP contribution in [0.3, 0.4) is 0 Å². The quantitative estimate of drug-likeness (QED) is 0.0160. The highest BCUT2D eigenvalue weighted by Gasteiger charge is 2.30. The summed E-state index contributed by atoms with van der Waals surface area (Å²) in [5.74, 6) is 2.99. The normalized spacial score (nSPS) is 12.0. The summed E-state index contributed by atoms with van der Waals surface area (Å²) in [6.07, 6.45) is 10.9. The largest absolute Gasteiger partial charge is 0.505 e. The molecular weight excluding hydrogens is 1710 g/mol. The van der Waals surface area contributed by atoms with Crippen LogP contribution in [0.5, 0.6) is 17.2 Å². The molecule has 702 valence electrons. The lowest BCUT2D eigenvalue weighted by Crippen LogP contribution is -2.37. The molecule has 0 saturated carbocycles. The molecule has 3 amide bonds. The first-order chi connectivity index (χ1) is 61.6. The van der Waals surface area contributed by atoms with E-state index in [0.29, 0.717) is 165 Å². The van der Waals surface area contributed by atoms with E-state index in [2.05, 4.69) is 163 Å². The van der Waals surface area contributed by atoms with Crippen LogP contribution in [0.2, 0.25) is 15.1 Å². The number of halogens is 3. The van der Waals surface area contributed by atoms with E-state index in [0.717, 1.165) is 98.1 Å². The Morgan fingerprint density at radius 1 is 0.362 bits per heavy atom. The minimum Gasteiger partial charge on any atom is -0.505 e. The molecule has 11 rings (SSSR count). The van der Waals surface area contributed by atoms with Gasteiger partial charge in [0.25, 0.3) is 0 Å². The lowest BCUT2D eigenvalue weighted by atomic mass is 9.84. The smallest absolute Gasteiger partial charge is 0.232 e. The van der Waals surface area contributed by atoms with Crippen LogP contribution in [0.1, 0.15) is 236 Å². The fraction of sp³-hybridized carbons (Fsp3) is 0.531. The highest BCUT2D eigenvalue weighted by atomic mass is 35.5. The Labute approximate surface area is 780 Å². The van der Waals surface area contributed by atoms with Gasteiger partial charge in [-0.15, -0.1) is 45.0 Å². The van der Waals surface area contributed by atoms with E-state index in [1.807, 2.05) is 98.7 Å². The predicted molar refractivity (Wildman–Crippen MR) is 525 cm³/mol. The van der Waals surface area contributed by atoms with E-state index >= 15 is 0 Å². The average molecular weight is 1840 g/mol. The number of aromatic hydroxyl groups is 3. The van der Waals surface area contributed by atoms with Crippen molar-refractivity contribution < 1.29 is 29.7 Å². The Hall–Kier alpha value is -11.0. The van der Waals surface area contributed by atoms with Gasteiger partial charge in [-0.1, -0.05) is 155 Å². The fourth-order valence-electron chi connectivity index (χ4n) is 14.9. The van der Waals surface area contributed by atoms with Crippen molar-refractivity contribution in [2.45, 2.75) is 262 Å². The number of carbonyl (C=O) groups excluding carboxylic acids is 3. The Morgan fingerprint density at radius 3 is 0.969 bits per heavy atom. The van der Waals surface area contributed by atoms with Gasteiger partial charge in [-0.05, 0) is 220 Å². The van der Waals surface area contributed by atoms with Crippen LogP contribution >= 0.6 is 34.8 Å². The number of hydrogen-bond acceptors (Lipinski definition) is 25. The predicted octanol–water partition coefficient (Wildman–Crippen LogP) is 17.5. The second-order valence-electron chi connectivity index (χ2n) is 37.6. The zero-order valence-corrected chi connectivity index (χ0v) is 81.9. The number of amides is 3. The molecule has 6 aromatic carbocycles. The Morgan fingerprint density at radius 2 is 0.662 bits per heavy atom. The average Bonchev–Trinajstić information content (AvgIpc) is 1.56. The summed E-state index contributed by atoms with van der Waals surface area (Å²) in [7, 11) is 2.20. The lowest BCUT2D eigenvalue weighted by Gasteiger charge is -2.30. The first-order valence-electron chi connectivity index (χ1n) is 45.9. The molecule has 31 nitrogen and oxygen atoms in total. The molecule has 0 atom stereocenters. The summed E-state index contributed by atoms with van der Waals surface area (Å²) >= 11 is 18.6. The van der Waals surface area contributed by atoms with Crippen LogP contribution in [0.4, 0.5) is 35.7 Å². The number of fused-ring (bicyclic) bond motifs is 3. The number of benzene rings is 6. The summed E-state index contributed by atoms with van der Waals surface area (Å²) < 4.78 is 0. The first kappa shape index (κ1) is 101. The number of rotatable bonds is 44. The van der Waals surface area contributed by atoms with Crippen LogP contribution < -0.4 is 46.6 Å². The lowest BCUT2D eigenvalue weighted by molar-refractivity contribution is -0.121. The number of phenolic OH excluding ortho intramolecular Hbond substituents is 3. The van der Waals surface area contributed by atoms with Gasteiger partial charge in [0.1, 0.15) is 67.4 Å². The van der Waals surface area contributed by atoms with E-state index in [9.17, 15) is 29.7 Å². The highest BCUT2D eigenvalue weighted by Crippen LogP contribution is 2.41. The molecule has 5 heterocycles. The van der Waals surface area contributed by atoms with Crippen LogP contribution in [-0.4, -0.2) is 209 Å². The maximum atomic E-state index is 13.2. The Kier molecular flexibility index (Phi) is 35.9. The second-order valence-corrected chi connectivity index (χ2v) is 38.9. The fourth-order valence-corrected chi connectivity index (χ4v) is 15.4. The van der Waals surface area contributed by atoms with Gasteiger partial charge in [-0.25, -0.2) is 0 Å². The molecule has 130 heavy (non-hydrogen) atoms. The summed E-state index contributed by atoms with van der Waals surface area (Å²) in [5, 5.41) is 82.1. The van der Waals surface area contributed by atoms with E-state index in [1.54, 1.807) is 54.6 Å². The molecule has 0 saturated heterocycles. The number of carbonyl (C=O) groups is 3. The molecule has 0 unspecified atom stereocenters. The number of anilines is 6. The third-order valence-corrected chi connectivity index (χ3v) is 23.2. The molecular formula is C96H136Cl3N25O6. The number of hydrogen-bond donors (Lipinski definition) is 9. The summed E-state index contributed by atoms with van der Waals surface area (Å²) in [6, 6.07) is 28.3.